The lowest BCUT2D eigenvalue weighted by atomic mass is 9.90. The maximum Gasteiger partial charge on any atom is 0.161 e. The number of anilines is 1. The molecule has 0 aromatic heterocycles. The van der Waals surface area contributed by atoms with Gasteiger partial charge >= 0.3 is 0 Å². The molecule has 2 aliphatic rings. The third-order valence-electron chi connectivity index (χ3n) is 4.77. The Kier molecular flexibility index (Phi) is 4.06. The summed E-state index contributed by atoms with van der Waals surface area (Å²) in [6.07, 6.45) is 7.37. The Hall–Kier alpha value is -0.960. The van der Waals surface area contributed by atoms with Crippen LogP contribution in [-0.4, -0.2) is 16.5 Å². The fourth-order valence-electron chi connectivity index (χ4n) is 3.17. The molecule has 1 heterocycles. The van der Waals surface area contributed by atoms with E-state index in [2.05, 4.69) is 37.4 Å². The summed E-state index contributed by atoms with van der Waals surface area (Å²) in [7, 11) is 0. The van der Waals surface area contributed by atoms with Gasteiger partial charge in [-0.25, -0.2) is 0 Å². The minimum absolute atomic E-state index is 0.168. The normalized spacial score (nSPS) is 20.4. The van der Waals surface area contributed by atoms with E-state index < -0.39 is 0 Å². The lowest BCUT2D eigenvalue weighted by molar-refractivity contribution is 0.456. The summed E-state index contributed by atoms with van der Waals surface area (Å²) in [5, 5.41) is 4.72. The van der Waals surface area contributed by atoms with Crippen LogP contribution in [0.5, 0.6) is 0 Å². The third kappa shape index (κ3) is 2.60. The van der Waals surface area contributed by atoms with Crippen molar-refractivity contribution < 1.29 is 0 Å². The highest BCUT2D eigenvalue weighted by atomic mass is 32.2. The van der Waals surface area contributed by atoms with Gasteiger partial charge in [-0.05, 0) is 55.7 Å². The molecule has 1 aliphatic carbocycles. The van der Waals surface area contributed by atoms with Crippen molar-refractivity contribution in [1.29, 1.82) is 0 Å². The molecule has 3 rings (SSSR count). The lowest BCUT2D eigenvalue weighted by Gasteiger charge is -2.21. The van der Waals surface area contributed by atoms with E-state index >= 15 is 0 Å². The maximum absolute atomic E-state index is 4.97. The Morgan fingerprint density at radius 3 is 2.75 bits per heavy atom. The van der Waals surface area contributed by atoms with E-state index in [9.17, 15) is 0 Å². The van der Waals surface area contributed by atoms with Crippen LogP contribution in [-0.2, 0) is 12.8 Å². The van der Waals surface area contributed by atoms with Crippen molar-refractivity contribution in [1.82, 2.24) is 0 Å². The van der Waals surface area contributed by atoms with Gasteiger partial charge in [-0.3, -0.25) is 4.99 Å². The summed E-state index contributed by atoms with van der Waals surface area (Å²) >= 11 is 1.88. The SMILES string of the molecule is CCC1(CC)CSC(Nc2cccc3c2CCCC3)=N1. The van der Waals surface area contributed by atoms with Gasteiger partial charge < -0.3 is 5.32 Å². The number of benzene rings is 1. The number of aliphatic imine (C=N–C) groups is 1. The minimum atomic E-state index is 0.168. The predicted molar refractivity (Wildman–Crippen MR) is 89.9 cm³/mol. The van der Waals surface area contributed by atoms with Crippen LogP contribution >= 0.6 is 11.8 Å². The van der Waals surface area contributed by atoms with Crippen LogP contribution in [0.3, 0.4) is 0 Å². The number of thioether (sulfide) groups is 1. The molecule has 1 aliphatic heterocycles. The average molecular weight is 288 g/mol. The molecule has 0 saturated carbocycles. The highest BCUT2D eigenvalue weighted by Gasteiger charge is 2.32. The van der Waals surface area contributed by atoms with Crippen molar-refractivity contribution in [3.63, 3.8) is 0 Å². The summed E-state index contributed by atoms with van der Waals surface area (Å²) in [6.45, 7) is 4.50. The Morgan fingerprint density at radius 1 is 1.20 bits per heavy atom. The van der Waals surface area contributed by atoms with Crippen LogP contribution in [0.1, 0.15) is 50.7 Å². The molecule has 0 spiro atoms. The van der Waals surface area contributed by atoms with E-state index in [4.69, 9.17) is 4.99 Å². The standard InChI is InChI=1S/C17H24N2S/c1-3-17(4-2)12-20-16(19-17)18-15-11-7-9-13-8-5-6-10-14(13)15/h7,9,11H,3-6,8,10,12H2,1-2H3,(H,18,19). The molecule has 3 heteroatoms. The predicted octanol–water partition coefficient (Wildman–Crippen LogP) is 4.64. The zero-order valence-electron chi connectivity index (χ0n) is 12.5. The number of hydrogen-bond acceptors (Lipinski definition) is 3. The Balaban J connectivity index is 1.82. The number of amidine groups is 1. The first-order valence-corrected chi connectivity index (χ1v) is 8.85. The first-order chi connectivity index (χ1) is 9.76. The first kappa shape index (κ1) is 14.0. The fourth-order valence-corrected chi connectivity index (χ4v) is 4.49. The molecule has 0 bridgehead atoms. The molecule has 2 nitrogen and oxygen atoms in total. The van der Waals surface area contributed by atoms with Crippen LogP contribution in [0.15, 0.2) is 23.2 Å². The van der Waals surface area contributed by atoms with Crippen molar-refractivity contribution in [2.24, 2.45) is 4.99 Å². The second-order valence-electron chi connectivity index (χ2n) is 5.91. The highest BCUT2D eigenvalue weighted by Crippen LogP contribution is 2.35. The highest BCUT2D eigenvalue weighted by molar-refractivity contribution is 8.14. The van der Waals surface area contributed by atoms with E-state index in [1.165, 1.54) is 42.5 Å². The van der Waals surface area contributed by atoms with Crippen LogP contribution in [0.2, 0.25) is 0 Å². The van der Waals surface area contributed by atoms with E-state index in [-0.39, 0.29) is 5.54 Å². The molecule has 20 heavy (non-hydrogen) atoms. The van der Waals surface area contributed by atoms with Crippen LogP contribution in [0, 0.1) is 0 Å². The minimum Gasteiger partial charge on any atom is -0.335 e. The number of hydrogen-bond donors (Lipinski definition) is 1. The smallest absolute Gasteiger partial charge is 0.161 e. The molecular weight excluding hydrogens is 264 g/mol. The number of nitrogens with zero attached hydrogens (tertiary/aromatic N) is 1. The molecule has 1 N–H and O–H groups in total. The number of nitrogens with one attached hydrogen (secondary N) is 1. The molecule has 1 aromatic carbocycles. The molecule has 0 atom stereocenters. The van der Waals surface area contributed by atoms with Gasteiger partial charge in [0.25, 0.3) is 0 Å². The van der Waals surface area contributed by atoms with Gasteiger partial charge in [-0.1, -0.05) is 37.7 Å². The quantitative estimate of drug-likeness (QED) is 0.876. The molecule has 0 radical (unpaired) electrons. The molecule has 0 amide bonds. The van der Waals surface area contributed by atoms with Crippen molar-refractivity contribution in [2.45, 2.75) is 57.9 Å². The van der Waals surface area contributed by atoms with Gasteiger partial charge in [0.1, 0.15) is 0 Å². The zero-order chi connectivity index (χ0) is 14.0. The largest absolute Gasteiger partial charge is 0.335 e. The molecule has 0 saturated heterocycles. The van der Waals surface area contributed by atoms with E-state index in [0.717, 1.165) is 23.8 Å². The monoisotopic (exact) mass is 288 g/mol. The van der Waals surface area contributed by atoms with Gasteiger partial charge in [0, 0.05) is 11.4 Å². The first-order valence-electron chi connectivity index (χ1n) is 7.87. The van der Waals surface area contributed by atoms with Crippen LogP contribution < -0.4 is 5.32 Å². The molecular formula is C17H24N2S. The Labute approximate surface area is 126 Å². The summed E-state index contributed by atoms with van der Waals surface area (Å²) in [5.41, 5.74) is 4.51. The Morgan fingerprint density at radius 2 is 2.00 bits per heavy atom. The van der Waals surface area contributed by atoms with Gasteiger partial charge in [0.15, 0.2) is 5.17 Å². The van der Waals surface area contributed by atoms with E-state index in [0.29, 0.717) is 0 Å². The fraction of sp³-hybridized carbons (Fsp3) is 0.588. The van der Waals surface area contributed by atoms with Crippen LogP contribution in [0.4, 0.5) is 5.69 Å². The number of fused-ring (bicyclic) bond motifs is 1. The number of aryl methyl sites for hydroxylation is 1. The number of rotatable bonds is 3. The van der Waals surface area contributed by atoms with E-state index in [1.807, 2.05) is 11.8 Å². The average Bonchev–Trinajstić information content (AvgIpc) is 2.92. The van der Waals surface area contributed by atoms with Crippen molar-refractivity contribution >= 4 is 22.6 Å². The maximum atomic E-state index is 4.97. The van der Waals surface area contributed by atoms with Gasteiger partial charge in [0.05, 0.1) is 5.54 Å². The molecule has 1 aromatic rings. The molecule has 0 unspecified atom stereocenters. The third-order valence-corrected chi connectivity index (χ3v) is 5.92. The van der Waals surface area contributed by atoms with Crippen molar-refractivity contribution in [2.75, 3.05) is 11.1 Å². The summed E-state index contributed by atoms with van der Waals surface area (Å²) in [4.78, 5) is 4.97. The van der Waals surface area contributed by atoms with Gasteiger partial charge in [0.2, 0.25) is 0 Å². The van der Waals surface area contributed by atoms with E-state index in [1.54, 1.807) is 0 Å². The van der Waals surface area contributed by atoms with Crippen molar-refractivity contribution in [3.05, 3.63) is 29.3 Å². The van der Waals surface area contributed by atoms with Gasteiger partial charge in [-0.15, -0.1) is 0 Å². The molecule has 0 fully saturated rings. The van der Waals surface area contributed by atoms with Crippen molar-refractivity contribution in [3.8, 4) is 0 Å². The summed E-state index contributed by atoms with van der Waals surface area (Å²) < 4.78 is 0. The second kappa shape index (κ2) is 5.80. The topological polar surface area (TPSA) is 24.4 Å². The molecule has 108 valence electrons. The zero-order valence-corrected chi connectivity index (χ0v) is 13.4. The summed E-state index contributed by atoms with van der Waals surface area (Å²) in [5.74, 6) is 1.12. The Bertz CT molecular complexity index is 518. The van der Waals surface area contributed by atoms with Crippen LogP contribution in [0.25, 0.3) is 0 Å². The second-order valence-corrected chi connectivity index (χ2v) is 6.88. The van der Waals surface area contributed by atoms with Gasteiger partial charge in [-0.2, -0.15) is 0 Å². The lowest BCUT2D eigenvalue weighted by Crippen LogP contribution is -2.24. The summed E-state index contributed by atoms with van der Waals surface area (Å²) in [6, 6.07) is 6.68.